The lowest BCUT2D eigenvalue weighted by Gasteiger charge is -2.10. The fourth-order valence-corrected chi connectivity index (χ4v) is 2.96. The monoisotopic (exact) mass is 376 g/mol. The fourth-order valence-electron chi connectivity index (χ4n) is 2.05. The Morgan fingerprint density at radius 3 is 2.76 bits per heavy atom. The molecule has 0 aliphatic heterocycles. The third-order valence-corrected chi connectivity index (χ3v) is 4.60. The number of H-pyrrole nitrogens is 1. The minimum Gasteiger partial charge on any atom is -0.325 e. The Kier molecular flexibility index (Phi) is 5.35. The first kappa shape index (κ1) is 17.4. The van der Waals surface area contributed by atoms with E-state index in [0.717, 1.165) is 5.56 Å². The van der Waals surface area contributed by atoms with E-state index in [-0.39, 0.29) is 10.9 Å². The van der Waals surface area contributed by atoms with Crippen molar-refractivity contribution < 1.29 is 9.18 Å². The summed E-state index contributed by atoms with van der Waals surface area (Å²) in [6.45, 7) is 1.74. The molecule has 2 aromatic carbocycles. The molecule has 0 saturated heterocycles. The van der Waals surface area contributed by atoms with Gasteiger partial charge in [-0.3, -0.25) is 9.89 Å². The number of benzene rings is 2. The number of rotatable bonds is 5. The van der Waals surface area contributed by atoms with Gasteiger partial charge in [0.1, 0.15) is 5.82 Å². The Morgan fingerprint density at radius 1 is 1.28 bits per heavy atom. The predicted octanol–water partition coefficient (Wildman–Crippen LogP) is 4.38. The van der Waals surface area contributed by atoms with Crippen LogP contribution in [0.4, 0.5) is 10.1 Å². The molecular formula is C17H14ClFN4OS. The Morgan fingerprint density at radius 2 is 2.04 bits per heavy atom. The van der Waals surface area contributed by atoms with Crippen LogP contribution in [0.1, 0.15) is 6.92 Å². The number of hydrogen-bond acceptors (Lipinski definition) is 4. The largest absolute Gasteiger partial charge is 0.325 e. The maximum Gasteiger partial charge on any atom is 0.237 e. The minimum atomic E-state index is -0.531. The molecule has 1 atom stereocenters. The van der Waals surface area contributed by atoms with Crippen molar-refractivity contribution in [1.82, 2.24) is 15.2 Å². The van der Waals surface area contributed by atoms with Gasteiger partial charge >= 0.3 is 0 Å². The summed E-state index contributed by atoms with van der Waals surface area (Å²) in [4.78, 5) is 16.6. The lowest BCUT2D eigenvalue weighted by molar-refractivity contribution is -0.115. The van der Waals surface area contributed by atoms with E-state index in [1.54, 1.807) is 6.92 Å². The number of hydrogen-bond donors (Lipinski definition) is 2. The summed E-state index contributed by atoms with van der Waals surface area (Å²) in [5, 5.41) is 9.66. The SMILES string of the molecule is C[C@@H](Sc1n[nH]c(-c2ccccc2)n1)C(=O)Nc1ccc(F)c(Cl)c1. The van der Waals surface area contributed by atoms with Crippen molar-refractivity contribution in [2.45, 2.75) is 17.3 Å². The molecule has 5 nitrogen and oxygen atoms in total. The average Bonchev–Trinajstić information content (AvgIpc) is 3.07. The van der Waals surface area contributed by atoms with Gasteiger partial charge in [0.25, 0.3) is 0 Å². The number of nitrogens with zero attached hydrogens (tertiary/aromatic N) is 2. The number of thioether (sulfide) groups is 1. The number of nitrogens with one attached hydrogen (secondary N) is 2. The first-order valence-electron chi connectivity index (χ1n) is 7.43. The van der Waals surface area contributed by atoms with Crippen LogP contribution in [0.15, 0.2) is 53.7 Å². The second-order valence-electron chi connectivity index (χ2n) is 5.21. The Hall–Kier alpha value is -2.38. The highest BCUT2D eigenvalue weighted by Gasteiger charge is 2.18. The number of aromatic amines is 1. The Bertz CT molecular complexity index is 887. The molecule has 8 heteroatoms. The molecule has 0 saturated carbocycles. The first-order valence-corrected chi connectivity index (χ1v) is 8.69. The van der Waals surface area contributed by atoms with Crippen LogP contribution >= 0.6 is 23.4 Å². The van der Waals surface area contributed by atoms with Crippen molar-refractivity contribution >= 4 is 35.0 Å². The zero-order valence-electron chi connectivity index (χ0n) is 13.2. The standard InChI is InChI=1S/C17H14ClFN4OS/c1-10(16(24)20-12-7-8-14(19)13(18)9-12)25-17-21-15(22-23-17)11-5-3-2-4-6-11/h2-10H,1H3,(H,20,24)(H,21,22,23)/t10-/m1/s1. The molecular weight excluding hydrogens is 363 g/mol. The first-order chi connectivity index (χ1) is 12.0. The van der Waals surface area contributed by atoms with Gasteiger partial charge in [0.15, 0.2) is 5.82 Å². The van der Waals surface area contributed by atoms with Crippen LogP contribution in [0.3, 0.4) is 0 Å². The van der Waals surface area contributed by atoms with Crippen molar-refractivity contribution in [3.8, 4) is 11.4 Å². The number of halogens is 2. The van der Waals surface area contributed by atoms with E-state index >= 15 is 0 Å². The molecule has 25 heavy (non-hydrogen) atoms. The minimum absolute atomic E-state index is 0.0421. The van der Waals surface area contributed by atoms with Gasteiger partial charge in [-0.15, -0.1) is 5.10 Å². The lowest BCUT2D eigenvalue weighted by Crippen LogP contribution is -2.22. The second-order valence-corrected chi connectivity index (χ2v) is 6.93. The van der Waals surface area contributed by atoms with Crippen LogP contribution in [-0.4, -0.2) is 26.3 Å². The second kappa shape index (κ2) is 7.67. The topological polar surface area (TPSA) is 70.7 Å². The fraction of sp³-hybridized carbons (Fsp3) is 0.118. The molecule has 0 bridgehead atoms. The van der Waals surface area contributed by atoms with Crippen molar-refractivity contribution in [1.29, 1.82) is 0 Å². The molecule has 3 rings (SSSR count). The van der Waals surface area contributed by atoms with E-state index in [1.165, 1.54) is 30.0 Å². The number of carbonyl (C=O) groups is 1. The van der Waals surface area contributed by atoms with Crippen molar-refractivity contribution in [3.05, 3.63) is 59.4 Å². The van der Waals surface area contributed by atoms with Crippen LogP contribution < -0.4 is 5.32 Å². The quantitative estimate of drug-likeness (QED) is 0.648. The number of anilines is 1. The smallest absolute Gasteiger partial charge is 0.237 e. The highest BCUT2D eigenvalue weighted by Crippen LogP contribution is 2.24. The van der Waals surface area contributed by atoms with E-state index in [1.807, 2.05) is 30.3 Å². The van der Waals surface area contributed by atoms with Crippen molar-refractivity contribution in [2.24, 2.45) is 0 Å². The van der Waals surface area contributed by atoms with Gasteiger partial charge in [-0.1, -0.05) is 53.7 Å². The normalized spacial score (nSPS) is 12.0. The van der Waals surface area contributed by atoms with E-state index in [4.69, 9.17) is 11.6 Å². The summed E-state index contributed by atoms with van der Waals surface area (Å²) >= 11 is 6.93. The molecule has 0 aliphatic rings. The van der Waals surface area contributed by atoms with Crippen LogP contribution in [0.25, 0.3) is 11.4 Å². The van der Waals surface area contributed by atoms with Gasteiger partial charge in [-0.05, 0) is 25.1 Å². The molecule has 1 aromatic heterocycles. The summed E-state index contributed by atoms with van der Waals surface area (Å²) in [5.41, 5.74) is 1.35. The predicted molar refractivity (Wildman–Crippen MR) is 97.2 cm³/mol. The van der Waals surface area contributed by atoms with Crippen molar-refractivity contribution in [2.75, 3.05) is 5.32 Å². The summed E-state index contributed by atoms with van der Waals surface area (Å²) in [7, 11) is 0. The maximum atomic E-state index is 13.2. The van der Waals surface area contributed by atoms with Crippen LogP contribution in [-0.2, 0) is 4.79 Å². The zero-order chi connectivity index (χ0) is 17.8. The van der Waals surface area contributed by atoms with Gasteiger partial charge in [0.2, 0.25) is 11.1 Å². The van der Waals surface area contributed by atoms with Gasteiger partial charge in [-0.2, -0.15) is 0 Å². The van der Waals surface area contributed by atoms with E-state index in [2.05, 4.69) is 20.5 Å². The zero-order valence-corrected chi connectivity index (χ0v) is 14.7. The van der Waals surface area contributed by atoms with E-state index < -0.39 is 11.1 Å². The van der Waals surface area contributed by atoms with E-state index in [0.29, 0.717) is 16.7 Å². The molecule has 3 aromatic rings. The van der Waals surface area contributed by atoms with Gasteiger partial charge in [-0.25, -0.2) is 9.37 Å². The third-order valence-electron chi connectivity index (χ3n) is 3.35. The summed E-state index contributed by atoms with van der Waals surface area (Å²) in [6, 6.07) is 13.6. The van der Waals surface area contributed by atoms with Gasteiger partial charge in [0.05, 0.1) is 10.3 Å². The molecule has 0 radical (unpaired) electrons. The van der Waals surface area contributed by atoms with Crippen molar-refractivity contribution in [3.63, 3.8) is 0 Å². The molecule has 2 N–H and O–H groups in total. The number of amides is 1. The molecule has 1 amide bonds. The van der Waals surface area contributed by atoms with Crippen LogP contribution in [0.2, 0.25) is 5.02 Å². The summed E-state index contributed by atoms with van der Waals surface area (Å²) in [6.07, 6.45) is 0. The van der Waals surface area contributed by atoms with Gasteiger partial charge < -0.3 is 5.32 Å². The average molecular weight is 377 g/mol. The van der Waals surface area contributed by atoms with Crippen LogP contribution in [0.5, 0.6) is 0 Å². The van der Waals surface area contributed by atoms with Gasteiger partial charge in [0, 0.05) is 11.3 Å². The summed E-state index contributed by atoms with van der Waals surface area (Å²) < 4.78 is 13.2. The highest BCUT2D eigenvalue weighted by atomic mass is 35.5. The Labute approximate surface area is 153 Å². The summed E-state index contributed by atoms with van der Waals surface area (Å²) in [5.74, 6) is -0.143. The number of carbonyl (C=O) groups excluding carboxylic acids is 1. The number of aromatic nitrogens is 3. The Balaban J connectivity index is 1.63. The van der Waals surface area contributed by atoms with E-state index in [9.17, 15) is 9.18 Å². The molecule has 0 aliphatic carbocycles. The van der Waals surface area contributed by atoms with Crippen LogP contribution in [0, 0.1) is 5.82 Å². The third kappa shape index (κ3) is 4.37. The maximum absolute atomic E-state index is 13.2. The molecule has 0 spiro atoms. The molecule has 0 fully saturated rings. The molecule has 0 unspecified atom stereocenters. The lowest BCUT2D eigenvalue weighted by atomic mass is 10.2. The molecule has 1 heterocycles. The highest BCUT2D eigenvalue weighted by molar-refractivity contribution is 8.00. The molecule has 128 valence electrons.